The number of carbonyl (C=O) groups is 2. The summed E-state index contributed by atoms with van der Waals surface area (Å²) in [5, 5.41) is 2.55. The van der Waals surface area contributed by atoms with Crippen molar-refractivity contribution in [2.45, 2.75) is 25.2 Å². The van der Waals surface area contributed by atoms with Crippen molar-refractivity contribution in [1.29, 1.82) is 0 Å². The van der Waals surface area contributed by atoms with Crippen molar-refractivity contribution in [1.82, 2.24) is 10.2 Å². The number of benzene rings is 3. The summed E-state index contributed by atoms with van der Waals surface area (Å²) in [6.45, 7) is -0.923. The molecule has 0 aliphatic heterocycles. The quantitative estimate of drug-likeness (QED) is 0.374. The summed E-state index contributed by atoms with van der Waals surface area (Å²) in [6.07, 6.45) is -3.81. The van der Waals surface area contributed by atoms with E-state index >= 15 is 0 Å². The number of alkyl halides is 3. The summed E-state index contributed by atoms with van der Waals surface area (Å²) < 4.78 is 71.4. The normalized spacial score (nSPS) is 12.3. The number of nitrogens with one attached hydrogen (secondary N) is 1. The van der Waals surface area contributed by atoms with E-state index in [9.17, 15) is 31.2 Å². The first-order chi connectivity index (χ1) is 18.8. The number of rotatable bonds is 11. The van der Waals surface area contributed by atoms with Crippen LogP contribution in [0, 0.1) is 0 Å². The van der Waals surface area contributed by atoms with Crippen LogP contribution >= 0.6 is 0 Å². The molecule has 0 aromatic heterocycles. The van der Waals surface area contributed by atoms with Gasteiger partial charge in [0, 0.05) is 20.0 Å². The molecule has 8 nitrogen and oxygen atoms in total. The zero-order chi connectivity index (χ0) is 29.5. The number of nitrogens with zero attached hydrogens (tertiary/aromatic N) is 2. The molecule has 0 aliphatic rings. The number of likely N-dealkylation sites (N-methyl/N-ethyl adjacent to an activating group) is 1. The van der Waals surface area contributed by atoms with Gasteiger partial charge in [-0.1, -0.05) is 48.5 Å². The Hall–Kier alpha value is -4.06. The summed E-state index contributed by atoms with van der Waals surface area (Å²) in [6, 6.07) is 18.4. The second-order valence-corrected chi connectivity index (χ2v) is 10.9. The van der Waals surface area contributed by atoms with Gasteiger partial charge in [-0.3, -0.25) is 13.9 Å². The number of carbonyl (C=O) groups excluding carboxylic acids is 2. The van der Waals surface area contributed by atoms with E-state index < -0.39 is 46.2 Å². The van der Waals surface area contributed by atoms with Crippen LogP contribution in [0.1, 0.15) is 16.7 Å². The Morgan fingerprint density at radius 3 is 2.20 bits per heavy atom. The van der Waals surface area contributed by atoms with Crippen LogP contribution in [0.2, 0.25) is 0 Å². The highest BCUT2D eigenvalue weighted by Crippen LogP contribution is 2.32. The fourth-order valence-electron chi connectivity index (χ4n) is 4.14. The minimum Gasteiger partial charge on any atom is -0.497 e. The first-order valence-electron chi connectivity index (χ1n) is 12.2. The van der Waals surface area contributed by atoms with Gasteiger partial charge in [0.25, 0.3) is 0 Å². The largest absolute Gasteiger partial charge is 0.497 e. The average Bonchev–Trinajstić information content (AvgIpc) is 2.92. The standard InChI is InChI=1S/C28H30F3N3O5S/c1-32-27(36)25(16-20-9-5-4-6-10-20)33(18-21-11-7-14-24(15-21)39-2)26(35)19-34(40(3,37)38)23-13-8-12-22(17-23)28(29,30)31/h4-15,17,25H,16,18-19H2,1-3H3,(H,32,36)/t25-/m0/s1. The third-order valence-electron chi connectivity index (χ3n) is 6.15. The minimum atomic E-state index is -4.72. The highest BCUT2D eigenvalue weighted by Gasteiger charge is 2.34. The molecule has 0 aliphatic carbocycles. The van der Waals surface area contributed by atoms with E-state index in [-0.39, 0.29) is 18.7 Å². The molecule has 0 radical (unpaired) electrons. The minimum absolute atomic E-state index is 0.0961. The zero-order valence-corrected chi connectivity index (χ0v) is 23.0. The predicted octanol–water partition coefficient (Wildman–Crippen LogP) is 3.87. The molecule has 12 heteroatoms. The lowest BCUT2D eigenvalue weighted by Crippen LogP contribution is -2.52. The van der Waals surface area contributed by atoms with Gasteiger partial charge in [0.15, 0.2) is 0 Å². The Balaban J connectivity index is 2.06. The molecule has 2 amide bonds. The number of hydrogen-bond acceptors (Lipinski definition) is 5. The molecule has 3 aromatic carbocycles. The Morgan fingerprint density at radius 1 is 0.950 bits per heavy atom. The third-order valence-corrected chi connectivity index (χ3v) is 7.29. The van der Waals surface area contributed by atoms with Crippen LogP contribution in [0.5, 0.6) is 5.75 Å². The lowest BCUT2D eigenvalue weighted by atomic mass is 10.0. The Morgan fingerprint density at radius 2 is 1.60 bits per heavy atom. The van der Waals surface area contributed by atoms with Gasteiger partial charge in [0.1, 0.15) is 18.3 Å². The fourth-order valence-corrected chi connectivity index (χ4v) is 4.98. The molecule has 214 valence electrons. The smallest absolute Gasteiger partial charge is 0.416 e. The van der Waals surface area contributed by atoms with E-state index in [1.807, 2.05) is 0 Å². The van der Waals surface area contributed by atoms with Gasteiger partial charge in [-0.2, -0.15) is 13.2 Å². The second kappa shape index (κ2) is 12.9. The monoisotopic (exact) mass is 577 g/mol. The van der Waals surface area contributed by atoms with Crippen LogP contribution in [-0.2, 0) is 38.8 Å². The Bertz CT molecular complexity index is 1430. The van der Waals surface area contributed by atoms with E-state index in [4.69, 9.17) is 4.74 Å². The van der Waals surface area contributed by atoms with Crippen molar-refractivity contribution in [3.8, 4) is 5.75 Å². The summed E-state index contributed by atoms with van der Waals surface area (Å²) in [5.74, 6) is -0.772. The number of ether oxygens (including phenoxy) is 1. The van der Waals surface area contributed by atoms with E-state index in [2.05, 4.69) is 5.32 Å². The maximum Gasteiger partial charge on any atom is 0.416 e. The van der Waals surface area contributed by atoms with Crippen LogP contribution < -0.4 is 14.4 Å². The van der Waals surface area contributed by atoms with Gasteiger partial charge in [-0.05, 0) is 41.5 Å². The molecule has 0 unspecified atom stereocenters. The fraction of sp³-hybridized carbons (Fsp3) is 0.286. The number of anilines is 1. The third kappa shape index (κ3) is 7.98. The first-order valence-corrected chi connectivity index (χ1v) is 14.0. The number of sulfonamides is 1. The number of hydrogen-bond donors (Lipinski definition) is 1. The van der Waals surface area contributed by atoms with Crippen molar-refractivity contribution < 1.29 is 35.9 Å². The molecule has 1 N–H and O–H groups in total. The lowest BCUT2D eigenvalue weighted by molar-refractivity contribution is -0.139. The van der Waals surface area contributed by atoms with Crippen LogP contribution in [-0.4, -0.2) is 58.1 Å². The van der Waals surface area contributed by atoms with Crippen LogP contribution in [0.3, 0.4) is 0 Å². The Labute approximate surface area is 231 Å². The molecule has 40 heavy (non-hydrogen) atoms. The van der Waals surface area contributed by atoms with E-state index in [0.717, 1.165) is 24.0 Å². The Kier molecular flexibility index (Phi) is 9.80. The maximum atomic E-state index is 13.9. The summed E-state index contributed by atoms with van der Waals surface area (Å²) in [4.78, 5) is 28.2. The van der Waals surface area contributed by atoms with Crippen molar-refractivity contribution in [3.05, 3.63) is 95.6 Å². The molecule has 0 saturated heterocycles. The number of halogens is 3. The molecule has 0 bridgehead atoms. The molecule has 0 saturated carbocycles. The molecule has 3 aromatic rings. The van der Waals surface area contributed by atoms with Gasteiger partial charge in [-0.15, -0.1) is 0 Å². The molecule has 1 atom stereocenters. The number of methoxy groups -OCH3 is 1. The highest BCUT2D eigenvalue weighted by atomic mass is 32.2. The second-order valence-electron chi connectivity index (χ2n) is 9.01. The summed E-state index contributed by atoms with van der Waals surface area (Å²) in [5.41, 5.74) is -0.0461. The number of amides is 2. The van der Waals surface area contributed by atoms with E-state index in [0.29, 0.717) is 21.7 Å². The molecular formula is C28H30F3N3O5S. The van der Waals surface area contributed by atoms with Crippen LogP contribution in [0.15, 0.2) is 78.9 Å². The maximum absolute atomic E-state index is 13.9. The van der Waals surface area contributed by atoms with E-state index in [1.54, 1.807) is 54.6 Å². The van der Waals surface area contributed by atoms with Gasteiger partial charge in [0.2, 0.25) is 21.8 Å². The molecular weight excluding hydrogens is 547 g/mol. The van der Waals surface area contributed by atoms with Gasteiger partial charge < -0.3 is 15.0 Å². The van der Waals surface area contributed by atoms with Gasteiger partial charge >= 0.3 is 6.18 Å². The summed E-state index contributed by atoms with van der Waals surface area (Å²) >= 11 is 0. The molecule has 3 rings (SSSR count). The van der Waals surface area contributed by atoms with Crippen LogP contribution in [0.4, 0.5) is 18.9 Å². The topological polar surface area (TPSA) is 96.0 Å². The van der Waals surface area contributed by atoms with E-state index in [1.165, 1.54) is 25.1 Å². The zero-order valence-electron chi connectivity index (χ0n) is 22.2. The predicted molar refractivity (Wildman–Crippen MR) is 145 cm³/mol. The van der Waals surface area contributed by atoms with Crippen molar-refractivity contribution in [2.75, 3.05) is 31.3 Å². The summed E-state index contributed by atoms with van der Waals surface area (Å²) in [7, 11) is -1.31. The molecule has 0 heterocycles. The first kappa shape index (κ1) is 30.5. The van der Waals surface area contributed by atoms with Crippen molar-refractivity contribution in [3.63, 3.8) is 0 Å². The SMILES string of the molecule is CNC(=O)[C@H](Cc1ccccc1)N(Cc1cccc(OC)c1)C(=O)CN(c1cccc(C(F)(F)F)c1)S(C)(=O)=O. The highest BCUT2D eigenvalue weighted by molar-refractivity contribution is 7.92. The van der Waals surface area contributed by atoms with Crippen molar-refractivity contribution in [2.24, 2.45) is 0 Å². The molecule has 0 fully saturated rings. The van der Waals surface area contributed by atoms with Gasteiger partial charge in [0.05, 0.1) is 24.6 Å². The molecule has 0 spiro atoms. The van der Waals surface area contributed by atoms with Gasteiger partial charge in [-0.25, -0.2) is 8.42 Å². The van der Waals surface area contributed by atoms with Crippen LogP contribution in [0.25, 0.3) is 0 Å². The lowest BCUT2D eigenvalue weighted by Gasteiger charge is -2.33. The average molecular weight is 578 g/mol. The van der Waals surface area contributed by atoms with Crippen molar-refractivity contribution >= 4 is 27.5 Å².